The normalized spacial score (nSPS) is 19.3. The van der Waals surface area contributed by atoms with Crippen molar-refractivity contribution >= 4 is 22.9 Å². The maximum absolute atomic E-state index is 14.4. The Hall–Kier alpha value is -2.73. The highest BCUT2D eigenvalue weighted by atomic mass is 32.2. The van der Waals surface area contributed by atoms with E-state index >= 15 is 0 Å². The molecule has 1 aromatic carbocycles. The van der Waals surface area contributed by atoms with Gasteiger partial charge >= 0.3 is 6.18 Å². The van der Waals surface area contributed by atoms with E-state index in [4.69, 9.17) is 9.29 Å². The first-order valence-corrected chi connectivity index (χ1v) is 11.6. The molecule has 1 aliphatic carbocycles. The molecule has 4 unspecified atom stereocenters. The summed E-state index contributed by atoms with van der Waals surface area (Å²) in [6.45, 7) is 3.67. The second-order valence-electron chi connectivity index (χ2n) is 8.32. The molecule has 34 heavy (non-hydrogen) atoms. The van der Waals surface area contributed by atoms with Gasteiger partial charge in [0.1, 0.15) is 11.5 Å². The summed E-state index contributed by atoms with van der Waals surface area (Å²) in [5, 5.41) is 2.62. The van der Waals surface area contributed by atoms with Gasteiger partial charge in [0.05, 0.1) is 18.2 Å². The van der Waals surface area contributed by atoms with Crippen molar-refractivity contribution in [3.05, 3.63) is 53.0 Å². The number of pyridine rings is 1. The lowest BCUT2D eigenvalue weighted by atomic mass is 9.99. The first-order valence-electron chi connectivity index (χ1n) is 10.5. The third-order valence-corrected chi connectivity index (χ3v) is 6.50. The molecule has 3 rings (SSSR count). The highest BCUT2D eigenvalue weighted by Crippen LogP contribution is 2.38. The van der Waals surface area contributed by atoms with E-state index in [0.29, 0.717) is 11.5 Å². The number of benzene rings is 1. The number of rotatable bonds is 9. The summed E-state index contributed by atoms with van der Waals surface area (Å²) in [4.78, 5) is 16.2. The minimum atomic E-state index is -4.63. The molecule has 1 aliphatic rings. The summed E-state index contributed by atoms with van der Waals surface area (Å²) in [6.07, 6.45) is -3.70. The van der Waals surface area contributed by atoms with Gasteiger partial charge in [-0.25, -0.2) is 13.6 Å². The van der Waals surface area contributed by atoms with Crippen LogP contribution in [0.1, 0.15) is 43.0 Å². The quantitative estimate of drug-likeness (QED) is 0.394. The standard InChI is InChI=1S/C22H25F4N3O4S/c1-12-8-16(12)11-33-21-15(5-7-19(28-21)22(24,25)26)10-27-20(30)13(2)14-4-6-18(17(23)9-14)29(3)34(31)32/h4-7,9,12-13,16H,8,10-11H2,1-3H3,(H,27,30)(H,31,32). The van der Waals surface area contributed by atoms with Gasteiger partial charge in [-0.3, -0.25) is 13.7 Å². The fourth-order valence-electron chi connectivity index (χ4n) is 3.32. The molecule has 1 heterocycles. The molecule has 4 atom stereocenters. The van der Waals surface area contributed by atoms with Crippen molar-refractivity contribution in [2.24, 2.45) is 11.8 Å². The van der Waals surface area contributed by atoms with Gasteiger partial charge in [0.15, 0.2) is 0 Å². The molecule has 2 aromatic rings. The SMILES string of the molecule is CC(C(=O)NCc1ccc(C(F)(F)F)nc1OCC1CC1C)c1ccc(N(C)S(=O)O)c(F)c1. The summed E-state index contributed by atoms with van der Waals surface area (Å²) in [5.41, 5.74) is -0.588. The summed E-state index contributed by atoms with van der Waals surface area (Å²) >= 11 is -2.41. The molecule has 12 heteroatoms. The number of carbonyl (C=O) groups excluding carboxylic acids is 1. The lowest BCUT2D eigenvalue weighted by Gasteiger charge is -2.18. The third kappa shape index (κ3) is 6.23. The van der Waals surface area contributed by atoms with E-state index in [1.165, 1.54) is 32.2 Å². The first kappa shape index (κ1) is 25.9. The molecule has 2 N–H and O–H groups in total. The van der Waals surface area contributed by atoms with Gasteiger partial charge in [-0.05, 0) is 55.0 Å². The lowest BCUT2D eigenvalue weighted by Crippen LogP contribution is -2.28. The number of carbonyl (C=O) groups is 1. The fourth-order valence-corrected chi connectivity index (χ4v) is 3.64. The Morgan fingerprint density at radius 1 is 1.35 bits per heavy atom. The van der Waals surface area contributed by atoms with Crippen LogP contribution in [0.15, 0.2) is 30.3 Å². The van der Waals surface area contributed by atoms with Crippen LogP contribution in [-0.4, -0.2) is 33.3 Å². The van der Waals surface area contributed by atoms with Crippen LogP contribution in [-0.2, 0) is 28.8 Å². The van der Waals surface area contributed by atoms with E-state index in [-0.39, 0.29) is 36.2 Å². The largest absolute Gasteiger partial charge is 0.477 e. The van der Waals surface area contributed by atoms with Gasteiger partial charge in [0.25, 0.3) is 11.3 Å². The number of nitrogens with one attached hydrogen (secondary N) is 1. The molecule has 1 aromatic heterocycles. The van der Waals surface area contributed by atoms with Gasteiger partial charge < -0.3 is 10.1 Å². The van der Waals surface area contributed by atoms with Gasteiger partial charge in [0, 0.05) is 19.2 Å². The summed E-state index contributed by atoms with van der Waals surface area (Å²) < 4.78 is 80.2. The number of hydrogen-bond acceptors (Lipinski definition) is 4. The van der Waals surface area contributed by atoms with Crippen LogP contribution in [0.2, 0.25) is 0 Å². The van der Waals surface area contributed by atoms with Crippen molar-refractivity contribution < 1.29 is 35.9 Å². The Morgan fingerprint density at radius 3 is 2.59 bits per heavy atom. The first-order chi connectivity index (χ1) is 15.9. The van der Waals surface area contributed by atoms with Crippen molar-refractivity contribution in [3.8, 4) is 5.88 Å². The number of aromatic nitrogens is 1. The van der Waals surface area contributed by atoms with Crippen molar-refractivity contribution in [2.45, 2.75) is 38.9 Å². The molecule has 7 nitrogen and oxygen atoms in total. The Balaban J connectivity index is 1.70. The van der Waals surface area contributed by atoms with Crippen LogP contribution in [0.5, 0.6) is 5.88 Å². The maximum Gasteiger partial charge on any atom is 0.433 e. The predicted octanol–water partition coefficient (Wildman–Crippen LogP) is 4.27. The monoisotopic (exact) mass is 503 g/mol. The Bertz CT molecular complexity index is 1080. The second-order valence-corrected chi connectivity index (χ2v) is 9.33. The number of halogens is 4. The van der Waals surface area contributed by atoms with Gasteiger partial charge in [-0.1, -0.05) is 13.0 Å². The van der Waals surface area contributed by atoms with E-state index in [2.05, 4.69) is 10.3 Å². The highest BCUT2D eigenvalue weighted by molar-refractivity contribution is 7.80. The number of anilines is 1. The molecular formula is C22H25F4N3O4S. The minimum Gasteiger partial charge on any atom is -0.477 e. The zero-order valence-electron chi connectivity index (χ0n) is 18.7. The number of alkyl halides is 3. The van der Waals surface area contributed by atoms with Gasteiger partial charge in [-0.15, -0.1) is 0 Å². The number of amides is 1. The van der Waals surface area contributed by atoms with E-state index in [1.807, 2.05) is 6.92 Å². The van der Waals surface area contributed by atoms with Crippen LogP contribution < -0.4 is 14.4 Å². The molecule has 0 saturated heterocycles. The summed E-state index contributed by atoms with van der Waals surface area (Å²) in [7, 11) is 1.24. The Morgan fingerprint density at radius 2 is 2.03 bits per heavy atom. The number of hydrogen-bond donors (Lipinski definition) is 2. The molecule has 1 amide bonds. The van der Waals surface area contributed by atoms with Gasteiger partial charge in [0.2, 0.25) is 11.8 Å². The van der Waals surface area contributed by atoms with Crippen molar-refractivity contribution in [3.63, 3.8) is 0 Å². The molecule has 0 radical (unpaired) electrons. The Labute approximate surface area is 196 Å². The average Bonchev–Trinajstić information content (AvgIpc) is 3.49. The van der Waals surface area contributed by atoms with Crippen LogP contribution in [0, 0.1) is 17.7 Å². The molecule has 1 saturated carbocycles. The van der Waals surface area contributed by atoms with E-state index < -0.39 is 40.8 Å². The second kappa shape index (κ2) is 10.3. The summed E-state index contributed by atoms with van der Waals surface area (Å²) in [5.74, 6) is -1.55. The third-order valence-electron chi connectivity index (χ3n) is 5.83. The zero-order chi connectivity index (χ0) is 25.2. The minimum absolute atomic E-state index is 0.111. The molecule has 186 valence electrons. The fraction of sp³-hybridized carbons (Fsp3) is 0.455. The zero-order valence-corrected chi connectivity index (χ0v) is 19.5. The highest BCUT2D eigenvalue weighted by Gasteiger charge is 2.35. The molecule has 0 bridgehead atoms. The van der Waals surface area contributed by atoms with Gasteiger partial charge in [-0.2, -0.15) is 13.2 Å². The van der Waals surface area contributed by atoms with Crippen molar-refractivity contribution in [1.29, 1.82) is 0 Å². The average molecular weight is 504 g/mol. The molecule has 0 aliphatic heterocycles. The maximum atomic E-state index is 14.4. The van der Waals surface area contributed by atoms with Crippen molar-refractivity contribution in [1.82, 2.24) is 10.3 Å². The molecule has 1 fully saturated rings. The van der Waals surface area contributed by atoms with E-state index in [1.54, 1.807) is 0 Å². The van der Waals surface area contributed by atoms with Crippen LogP contribution >= 0.6 is 0 Å². The smallest absolute Gasteiger partial charge is 0.433 e. The van der Waals surface area contributed by atoms with Crippen LogP contribution in [0.25, 0.3) is 0 Å². The van der Waals surface area contributed by atoms with E-state index in [0.717, 1.165) is 22.9 Å². The number of nitrogens with zero attached hydrogens (tertiary/aromatic N) is 2. The topological polar surface area (TPSA) is 91.8 Å². The number of ether oxygens (including phenoxy) is 1. The Kier molecular flexibility index (Phi) is 7.81. The molecular weight excluding hydrogens is 478 g/mol. The van der Waals surface area contributed by atoms with Crippen LogP contribution in [0.3, 0.4) is 0 Å². The molecule has 0 spiro atoms. The summed E-state index contributed by atoms with van der Waals surface area (Å²) in [6, 6.07) is 5.87. The van der Waals surface area contributed by atoms with Crippen LogP contribution in [0.4, 0.5) is 23.2 Å². The van der Waals surface area contributed by atoms with Crippen molar-refractivity contribution in [2.75, 3.05) is 18.0 Å². The van der Waals surface area contributed by atoms with E-state index in [9.17, 15) is 26.6 Å². The lowest BCUT2D eigenvalue weighted by molar-refractivity contribution is -0.141. The predicted molar refractivity (Wildman–Crippen MR) is 118 cm³/mol.